The first-order valence-corrected chi connectivity index (χ1v) is 12.0. The Balaban J connectivity index is 1.44. The van der Waals surface area contributed by atoms with Crippen LogP contribution in [0.25, 0.3) is 11.3 Å². The third kappa shape index (κ3) is 4.46. The minimum absolute atomic E-state index is 0.0825. The minimum atomic E-state index is -0.442. The van der Waals surface area contributed by atoms with Gasteiger partial charge in [0.05, 0.1) is 16.9 Å². The van der Waals surface area contributed by atoms with Gasteiger partial charge in [-0.15, -0.1) is 0 Å². The maximum Gasteiger partial charge on any atom is 0.228 e. The molecule has 2 fully saturated rings. The Morgan fingerprint density at radius 2 is 1.79 bits per heavy atom. The second-order valence-electron chi connectivity index (χ2n) is 9.03. The highest BCUT2D eigenvalue weighted by molar-refractivity contribution is 6.31. The topological polar surface area (TPSA) is 68.6 Å². The predicted molar refractivity (Wildman–Crippen MR) is 134 cm³/mol. The molecule has 1 unspecified atom stereocenters. The number of pyridine rings is 1. The van der Waals surface area contributed by atoms with Crippen LogP contribution in [0.1, 0.15) is 25.3 Å². The molecule has 1 atom stereocenters. The first kappa shape index (κ1) is 22.7. The monoisotopic (exact) mass is 482 g/mol. The SMILES string of the molecule is Cc1cc(O)cnc1N1CCN(c2cc(-c3ccc(F)c(Cl)c3)nc(N3CCCC3C)n2)CC1. The van der Waals surface area contributed by atoms with E-state index in [0.29, 0.717) is 12.0 Å². The van der Waals surface area contributed by atoms with Gasteiger partial charge in [-0.05, 0) is 56.5 Å². The minimum Gasteiger partial charge on any atom is -0.506 e. The highest BCUT2D eigenvalue weighted by Crippen LogP contribution is 2.31. The number of halogens is 2. The van der Waals surface area contributed by atoms with Crippen molar-refractivity contribution in [2.45, 2.75) is 32.7 Å². The van der Waals surface area contributed by atoms with Crippen molar-refractivity contribution in [1.82, 2.24) is 15.0 Å². The first-order valence-electron chi connectivity index (χ1n) is 11.7. The number of hydrogen-bond donors (Lipinski definition) is 1. The van der Waals surface area contributed by atoms with Gasteiger partial charge in [-0.25, -0.2) is 14.4 Å². The van der Waals surface area contributed by atoms with Crippen molar-refractivity contribution in [3.8, 4) is 17.0 Å². The number of benzene rings is 1. The number of nitrogens with zero attached hydrogens (tertiary/aromatic N) is 6. The smallest absolute Gasteiger partial charge is 0.228 e. The zero-order valence-electron chi connectivity index (χ0n) is 19.4. The van der Waals surface area contributed by atoms with Gasteiger partial charge in [0.25, 0.3) is 0 Å². The number of aryl methyl sites for hydroxylation is 1. The Labute approximate surface area is 203 Å². The lowest BCUT2D eigenvalue weighted by molar-refractivity contribution is 0.472. The molecule has 2 saturated heterocycles. The van der Waals surface area contributed by atoms with Gasteiger partial charge >= 0.3 is 0 Å². The summed E-state index contributed by atoms with van der Waals surface area (Å²) in [6.07, 6.45) is 3.72. The molecule has 34 heavy (non-hydrogen) atoms. The Hall–Kier alpha value is -3.13. The lowest BCUT2D eigenvalue weighted by atomic mass is 10.1. The van der Waals surface area contributed by atoms with Crippen molar-refractivity contribution >= 4 is 29.2 Å². The van der Waals surface area contributed by atoms with Gasteiger partial charge in [-0.1, -0.05) is 11.6 Å². The maximum absolute atomic E-state index is 13.8. The average Bonchev–Trinajstić information content (AvgIpc) is 3.26. The molecule has 1 aromatic carbocycles. The number of anilines is 3. The van der Waals surface area contributed by atoms with Crippen LogP contribution < -0.4 is 14.7 Å². The molecule has 4 heterocycles. The van der Waals surface area contributed by atoms with Crippen LogP contribution >= 0.6 is 11.6 Å². The Morgan fingerprint density at radius 3 is 2.47 bits per heavy atom. The lowest BCUT2D eigenvalue weighted by Gasteiger charge is -2.37. The highest BCUT2D eigenvalue weighted by Gasteiger charge is 2.26. The normalized spacial score (nSPS) is 18.6. The molecule has 178 valence electrons. The van der Waals surface area contributed by atoms with Gasteiger partial charge < -0.3 is 19.8 Å². The molecular weight excluding hydrogens is 455 g/mol. The van der Waals surface area contributed by atoms with Crippen molar-refractivity contribution < 1.29 is 9.50 Å². The van der Waals surface area contributed by atoms with E-state index in [2.05, 4.69) is 26.6 Å². The van der Waals surface area contributed by atoms with Gasteiger partial charge in [0.1, 0.15) is 23.2 Å². The number of aromatic nitrogens is 3. The molecule has 0 amide bonds. The number of piperazine rings is 1. The van der Waals surface area contributed by atoms with E-state index >= 15 is 0 Å². The fourth-order valence-corrected chi connectivity index (χ4v) is 4.96. The van der Waals surface area contributed by atoms with Crippen LogP contribution in [0.2, 0.25) is 5.02 Å². The maximum atomic E-state index is 13.8. The second kappa shape index (κ2) is 9.25. The van der Waals surface area contributed by atoms with Gasteiger partial charge in [-0.3, -0.25) is 0 Å². The van der Waals surface area contributed by atoms with Gasteiger partial charge in [0, 0.05) is 50.4 Å². The molecule has 2 aliphatic heterocycles. The highest BCUT2D eigenvalue weighted by atomic mass is 35.5. The molecule has 3 aromatic rings. The molecular formula is C25H28ClFN6O. The van der Waals surface area contributed by atoms with Crippen LogP contribution in [0.5, 0.6) is 5.75 Å². The van der Waals surface area contributed by atoms with Crippen LogP contribution in [-0.2, 0) is 0 Å². The summed E-state index contributed by atoms with van der Waals surface area (Å²) in [5, 5.41) is 9.76. The van der Waals surface area contributed by atoms with Crippen LogP contribution in [0.4, 0.5) is 22.0 Å². The molecule has 0 aliphatic carbocycles. The summed E-state index contributed by atoms with van der Waals surface area (Å²) in [4.78, 5) is 21.0. The Bertz CT molecular complexity index is 1200. The predicted octanol–water partition coefficient (Wildman–Crippen LogP) is 4.66. The van der Waals surface area contributed by atoms with E-state index < -0.39 is 5.82 Å². The van der Waals surface area contributed by atoms with E-state index in [4.69, 9.17) is 21.6 Å². The van der Waals surface area contributed by atoms with Crippen molar-refractivity contribution in [3.63, 3.8) is 0 Å². The molecule has 7 nitrogen and oxygen atoms in total. The molecule has 0 radical (unpaired) electrons. The third-order valence-electron chi connectivity index (χ3n) is 6.67. The van der Waals surface area contributed by atoms with E-state index in [-0.39, 0.29) is 10.8 Å². The zero-order valence-corrected chi connectivity index (χ0v) is 20.1. The summed E-state index contributed by atoms with van der Waals surface area (Å²) < 4.78 is 13.8. The van der Waals surface area contributed by atoms with Crippen molar-refractivity contribution in [3.05, 3.63) is 52.9 Å². The van der Waals surface area contributed by atoms with Crippen LogP contribution in [0.3, 0.4) is 0 Å². The van der Waals surface area contributed by atoms with Crippen LogP contribution in [-0.4, -0.2) is 58.8 Å². The van der Waals surface area contributed by atoms with Crippen LogP contribution in [0.15, 0.2) is 36.5 Å². The fourth-order valence-electron chi connectivity index (χ4n) is 4.78. The van der Waals surface area contributed by atoms with E-state index in [1.807, 2.05) is 13.0 Å². The van der Waals surface area contributed by atoms with Gasteiger partial charge in [0.15, 0.2) is 0 Å². The molecule has 5 rings (SSSR count). The van der Waals surface area contributed by atoms with Gasteiger partial charge in [-0.2, -0.15) is 4.98 Å². The standard InChI is InChI=1S/C25H28ClFN6O/c1-16-12-19(34)15-28-24(16)32-10-8-31(9-11-32)23-14-22(18-5-6-21(27)20(26)13-18)29-25(30-23)33-7-3-4-17(33)2/h5-6,12-15,17,34H,3-4,7-11H2,1-2H3. The number of hydrogen-bond acceptors (Lipinski definition) is 7. The summed E-state index contributed by atoms with van der Waals surface area (Å²) in [6, 6.07) is 8.79. The molecule has 0 bridgehead atoms. The lowest BCUT2D eigenvalue weighted by Crippen LogP contribution is -2.47. The molecule has 0 saturated carbocycles. The summed E-state index contributed by atoms with van der Waals surface area (Å²) in [5.74, 6) is 2.19. The second-order valence-corrected chi connectivity index (χ2v) is 9.44. The van der Waals surface area contributed by atoms with E-state index in [1.54, 1.807) is 18.2 Å². The molecule has 2 aromatic heterocycles. The molecule has 2 aliphatic rings. The Morgan fingerprint density at radius 1 is 1.03 bits per heavy atom. The zero-order chi connectivity index (χ0) is 23.8. The molecule has 0 spiro atoms. The summed E-state index contributed by atoms with van der Waals surface area (Å²) >= 11 is 6.07. The quantitative estimate of drug-likeness (QED) is 0.580. The van der Waals surface area contributed by atoms with Crippen molar-refractivity contribution in [2.75, 3.05) is 47.4 Å². The summed E-state index contributed by atoms with van der Waals surface area (Å²) in [6.45, 7) is 8.21. The first-order chi connectivity index (χ1) is 16.4. The van der Waals surface area contributed by atoms with Crippen molar-refractivity contribution in [1.29, 1.82) is 0 Å². The van der Waals surface area contributed by atoms with E-state index in [9.17, 15) is 9.50 Å². The van der Waals surface area contributed by atoms with Crippen molar-refractivity contribution in [2.24, 2.45) is 0 Å². The molecule has 9 heteroatoms. The van der Waals surface area contributed by atoms with E-state index in [0.717, 1.165) is 74.0 Å². The van der Waals surface area contributed by atoms with E-state index in [1.165, 1.54) is 12.3 Å². The average molecular weight is 483 g/mol. The van der Waals surface area contributed by atoms with Gasteiger partial charge in [0.2, 0.25) is 5.95 Å². The number of aromatic hydroxyl groups is 1. The summed E-state index contributed by atoms with van der Waals surface area (Å²) in [7, 11) is 0. The Kier molecular flexibility index (Phi) is 6.16. The summed E-state index contributed by atoms with van der Waals surface area (Å²) in [5.41, 5.74) is 2.46. The largest absolute Gasteiger partial charge is 0.506 e. The third-order valence-corrected chi connectivity index (χ3v) is 6.96. The number of rotatable bonds is 4. The van der Waals surface area contributed by atoms with Crippen LogP contribution in [0, 0.1) is 12.7 Å². The molecule has 1 N–H and O–H groups in total. The fraction of sp³-hybridized carbons (Fsp3) is 0.400.